The lowest BCUT2D eigenvalue weighted by Crippen LogP contribution is -2.29. The van der Waals surface area contributed by atoms with Crippen LogP contribution in [-0.4, -0.2) is 28.6 Å². The maximum Gasteiger partial charge on any atom is 0.301 e. The highest BCUT2D eigenvalue weighted by molar-refractivity contribution is 9.10. The third-order valence-electron chi connectivity index (χ3n) is 4.97. The number of carbonyl (C=O) groups excluding carboxylic acids is 2. The van der Waals surface area contributed by atoms with Crippen molar-refractivity contribution in [2.75, 3.05) is 11.5 Å². The van der Waals surface area contributed by atoms with Gasteiger partial charge in [0.05, 0.1) is 11.6 Å². The van der Waals surface area contributed by atoms with Crippen LogP contribution in [0.1, 0.15) is 22.9 Å². The van der Waals surface area contributed by atoms with Crippen molar-refractivity contribution >= 4 is 39.2 Å². The van der Waals surface area contributed by atoms with E-state index in [1.165, 1.54) is 4.90 Å². The summed E-state index contributed by atoms with van der Waals surface area (Å²) in [6, 6.07) is 14.5. The number of halogens is 1. The first-order chi connectivity index (χ1) is 15.4. The van der Waals surface area contributed by atoms with E-state index in [1.807, 2.05) is 6.07 Å². The van der Waals surface area contributed by atoms with E-state index < -0.39 is 17.7 Å². The van der Waals surface area contributed by atoms with Gasteiger partial charge in [-0.2, -0.15) is 0 Å². The van der Waals surface area contributed by atoms with Gasteiger partial charge in [0.15, 0.2) is 5.82 Å². The quantitative estimate of drug-likeness (QED) is 0.226. The highest BCUT2D eigenvalue weighted by Gasteiger charge is 2.48. The van der Waals surface area contributed by atoms with E-state index in [1.54, 1.807) is 61.5 Å². The molecule has 7 nitrogen and oxygen atoms in total. The lowest BCUT2D eigenvalue weighted by atomic mass is 9.95. The van der Waals surface area contributed by atoms with Crippen LogP contribution in [-0.2, 0) is 9.59 Å². The maximum atomic E-state index is 13.1. The molecular formula is C24H19BrN2O5. The molecule has 1 saturated heterocycles. The Hall–Kier alpha value is -3.65. The minimum Gasteiger partial charge on any atom is -0.507 e. The van der Waals surface area contributed by atoms with Crippen LogP contribution in [0.2, 0.25) is 0 Å². The zero-order valence-corrected chi connectivity index (χ0v) is 18.7. The second kappa shape index (κ2) is 8.84. The molecular weight excluding hydrogens is 476 g/mol. The number of Topliss-reactive ketones (excluding diaryl/α,β-unsaturated/α-hetero) is 1. The fourth-order valence-corrected chi connectivity index (χ4v) is 3.96. The van der Waals surface area contributed by atoms with Crippen molar-refractivity contribution in [1.82, 2.24) is 5.16 Å². The van der Waals surface area contributed by atoms with Crippen molar-refractivity contribution < 1.29 is 24.0 Å². The summed E-state index contributed by atoms with van der Waals surface area (Å²) >= 11 is 3.43. The summed E-state index contributed by atoms with van der Waals surface area (Å²) in [6.07, 6.45) is 1.62. The Bertz CT molecular complexity index is 1230. The van der Waals surface area contributed by atoms with Crippen molar-refractivity contribution in [3.8, 4) is 5.75 Å². The molecule has 2 aromatic carbocycles. The van der Waals surface area contributed by atoms with Gasteiger partial charge >= 0.3 is 5.91 Å². The number of aryl methyl sites for hydroxylation is 1. The highest BCUT2D eigenvalue weighted by atomic mass is 79.9. The molecule has 0 spiro atoms. The summed E-state index contributed by atoms with van der Waals surface area (Å²) in [7, 11) is 0. The molecule has 1 aliphatic rings. The summed E-state index contributed by atoms with van der Waals surface area (Å²) in [5.74, 6) is -0.613. The molecule has 0 unspecified atom stereocenters. The number of carbonyl (C=O) groups is 2. The van der Waals surface area contributed by atoms with E-state index in [0.717, 1.165) is 4.47 Å². The first-order valence-corrected chi connectivity index (χ1v) is 10.5. The molecule has 162 valence electrons. The minimum atomic E-state index is -0.881. The third-order valence-corrected chi connectivity index (χ3v) is 5.46. The van der Waals surface area contributed by atoms with Gasteiger partial charge in [-0.1, -0.05) is 45.9 Å². The van der Waals surface area contributed by atoms with Crippen LogP contribution < -0.4 is 9.64 Å². The molecule has 8 heteroatoms. The number of ether oxygens (including phenoxy) is 1. The maximum absolute atomic E-state index is 13.1. The Morgan fingerprint density at radius 1 is 1.25 bits per heavy atom. The number of hydrogen-bond acceptors (Lipinski definition) is 6. The average molecular weight is 495 g/mol. The van der Waals surface area contributed by atoms with Crippen LogP contribution in [0, 0.1) is 6.92 Å². The largest absolute Gasteiger partial charge is 0.507 e. The summed E-state index contributed by atoms with van der Waals surface area (Å²) in [5.41, 5.74) is 0.977. The molecule has 3 aromatic rings. The van der Waals surface area contributed by atoms with Crippen LogP contribution in [0.5, 0.6) is 5.75 Å². The van der Waals surface area contributed by atoms with Gasteiger partial charge in [0.25, 0.3) is 5.78 Å². The number of aliphatic hydroxyl groups is 1. The number of anilines is 1. The number of rotatable bonds is 6. The minimum absolute atomic E-state index is 0.0338. The lowest BCUT2D eigenvalue weighted by molar-refractivity contribution is -0.132. The Labute approximate surface area is 192 Å². The Balaban J connectivity index is 1.85. The molecule has 1 fully saturated rings. The van der Waals surface area contributed by atoms with Crippen LogP contribution in [0.15, 0.2) is 81.8 Å². The molecule has 1 aromatic heterocycles. The molecule has 1 amide bonds. The first-order valence-electron chi connectivity index (χ1n) is 9.74. The zero-order chi connectivity index (χ0) is 22.8. The molecule has 0 saturated carbocycles. The summed E-state index contributed by atoms with van der Waals surface area (Å²) in [4.78, 5) is 27.3. The monoisotopic (exact) mass is 494 g/mol. The molecule has 4 rings (SSSR count). The Kier molecular flexibility index (Phi) is 5.96. The predicted octanol–water partition coefficient (Wildman–Crippen LogP) is 4.94. The van der Waals surface area contributed by atoms with Gasteiger partial charge in [0.1, 0.15) is 23.9 Å². The van der Waals surface area contributed by atoms with Gasteiger partial charge in [0.2, 0.25) is 0 Å². The van der Waals surface area contributed by atoms with Crippen molar-refractivity contribution in [2.45, 2.75) is 13.0 Å². The van der Waals surface area contributed by atoms with Crippen LogP contribution >= 0.6 is 15.9 Å². The van der Waals surface area contributed by atoms with E-state index in [9.17, 15) is 14.7 Å². The number of nitrogens with zero attached hydrogens (tertiary/aromatic N) is 2. The molecule has 2 heterocycles. The lowest BCUT2D eigenvalue weighted by Gasteiger charge is -2.23. The molecule has 32 heavy (non-hydrogen) atoms. The second-order valence-electron chi connectivity index (χ2n) is 7.14. The topological polar surface area (TPSA) is 92.9 Å². The highest BCUT2D eigenvalue weighted by Crippen LogP contribution is 2.42. The van der Waals surface area contributed by atoms with Crippen LogP contribution in [0.3, 0.4) is 0 Å². The Morgan fingerprint density at radius 2 is 2.00 bits per heavy atom. The van der Waals surface area contributed by atoms with E-state index in [0.29, 0.717) is 29.2 Å². The van der Waals surface area contributed by atoms with Crippen LogP contribution in [0.25, 0.3) is 5.76 Å². The van der Waals surface area contributed by atoms with Gasteiger partial charge in [0, 0.05) is 16.1 Å². The van der Waals surface area contributed by atoms with Gasteiger partial charge in [-0.25, -0.2) is 0 Å². The fraction of sp³-hybridized carbons (Fsp3) is 0.125. The van der Waals surface area contributed by atoms with Gasteiger partial charge in [-0.3, -0.25) is 14.5 Å². The number of ketones is 1. The first kappa shape index (κ1) is 21.6. The van der Waals surface area contributed by atoms with E-state index in [-0.39, 0.29) is 17.2 Å². The summed E-state index contributed by atoms with van der Waals surface area (Å²) in [6.45, 7) is 5.64. The molecule has 1 N–H and O–H groups in total. The average Bonchev–Trinajstić information content (AvgIpc) is 3.33. The van der Waals surface area contributed by atoms with E-state index in [4.69, 9.17) is 9.26 Å². The second-order valence-corrected chi connectivity index (χ2v) is 8.06. The molecule has 0 radical (unpaired) electrons. The standard InChI is InChI=1S/C24H19BrN2O5/c1-3-11-31-18-9-7-15(8-10-18)22(28)20-21(16-5-4-6-17(25)13-16)27(24(30)23(20)29)19-12-14(2)32-26-19/h3-10,12-13,21,28H,1,11H2,2H3/t21-/m1/s1. The van der Waals surface area contributed by atoms with Gasteiger partial charge in [-0.15, -0.1) is 0 Å². The van der Waals surface area contributed by atoms with Crippen molar-refractivity contribution in [3.63, 3.8) is 0 Å². The van der Waals surface area contributed by atoms with Crippen molar-refractivity contribution in [3.05, 3.63) is 94.2 Å². The number of aromatic nitrogens is 1. The number of benzene rings is 2. The fourth-order valence-electron chi connectivity index (χ4n) is 3.55. The normalized spacial score (nSPS) is 17.6. The molecule has 1 aliphatic heterocycles. The Morgan fingerprint density at radius 3 is 2.62 bits per heavy atom. The predicted molar refractivity (Wildman–Crippen MR) is 122 cm³/mol. The molecule has 0 bridgehead atoms. The third kappa shape index (κ3) is 3.97. The molecule has 1 atom stereocenters. The number of hydrogen-bond donors (Lipinski definition) is 1. The van der Waals surface area contributed by atoms with Crippen molar-refractivity contribution in [2.24, 2.45) is 0 Å². The zero-order valence-electron chi connectivity index (χ0n) is 17.1. The van der Waals surface area contributed by atoms with E-state index >= 15 is 0 Å². The number of aliphatic hydroxyl groups excluding tert-OH is 1. The van der Waals surface area contributed by atoms with Gasteiger partial charge in [-0.05, 0) is 48.9 Å². The summed E-state index contributed by atoms with van der Waals surface area (Å²) < 4.78 is 11.4. The van der Waals surface area contributed by atoms with Crippen LogP contribution in [0.4, 0.5) is 5.82 Å². The summed E-state index contributed by atoms with van der Waals surface area (Å²) in [5, 5.41) is 15.0. The molecule has 0 aliphatic carbocycles. The smallest absolute Gasteiger partial charge is 0.301 e. The van der Waals surface area contributed by atoms with E-state index in [2.05, 4.69) is 27.7 Å². The van der Waals surface area contributed by atoms with Gasteiger partial charge < -0.3 is 14.4 Å². The number of amides is 1. The van der Waals surface area contributed by atoms with Crippen molar-refractivity contribution in [1.29, 1.82) is 0 Å². The SMILES string of the molecule is C=CCOc1ccc(C(O)=C2C(=O)C(=O)N(c3cc(C)on3)[C@@H]2c2cccc(Br)c2)cc1.